The van der Waals surface area contributed by atoms with Crippen LogP contribution in [0.4, 0.5) is 4.79 Å². The second kappa shape index (κ2) is 5.75. The quantitative estimate of drug-likeness (QED) is 0.757. The van der Waals surface area contributed by atoms with Crippen LogP contribution in [0, 0.1) is 0 Å². The van der Waals surface area contributed by atoms with Gasteiger partial charge in [0.15, 0.2) is 0 Å². The van der Waals surface area contributed by atoms with E-state index in [2.05, 4.69) is 5.32 Å². The molecule has 4 nitrogen and oxygen atoms in total. The lowest BCUT2D eigenvalue weighted by atomic mass is 10.2. The van der Waals surface area contributed by atoms with Crippen molar-refractivity contribution in [3.8, 4) is 0 Å². The number of carbonyl (C=O) groups excluding carboxylic acids is 1. The molecule has 86 valence electrons. The monoisotopic (exact) mass is 212 g/mol. The van der Waals surface area contributed by atoms with Crippen LogP contribution >= 0.6 is 0 Å². The van der Waals surface area contributed by atoms with Crippen LogP contribution in [0.25, 0.3) is 0 Å². The highest BCUT2D eigenvalue weighted by molar-refractivity contribution is 5.75. The van der Waals surface area contributed by atoms with Gasteiger partial charge in [0.05, 0.1) is 12.2 Å². The number of carbonyl (C=O) groups is 1. The number of amides is 2. The second-order valence-corrected chi connectivity index (χ2v) is 3.92. The van der Waals surface area contributed by atoms with Crippen LogP contribution in [0.3, 0.4) is 0 Å². The maximum Gasteiger partial charge on any atom is 0.321 e. The summed E-state index contributed by atoms with van der Waals surface area (Å²) in [6, 6.07) is -0.0401. The molecule has 2 amide bonds. The van der Waals surface area contributed by atoms with Crippen molar-refractivity contribution in [2.24, 2.45) is 0 Å². The standard InChI is InChI=1S/C11H20N2O2/c1-4-5-6-12-11(14)13-7-9(2)15-10(3)8-13/h5-6,9-10H,4,7-8H2,1-3H3,(H,12,14)/b6-5+. The Balaban J connectivity index is 2.41. The number of ether oxygens (including phenoxy) is 1. The Morgan fingerprint density at radius 2 is 2.07 bits per heavy atom. The molecule has 1 aliphatic rings. The van der Waals surface area contributed by atoms with Gasteiger partial charge in [-0.2, -0.15) is 0 Å². The van der Waals surface area contributed by atoms with Crippen molar-refractivity contribution >= 4 is 6.03 Å². The smallest absolute Gasteiger partial charge is 0.321 e. The van der Waals surface area contributed by atoms with Gasteiger partial charge in [0.1, 0.15) is 0 Å². The number of allylic oxidation sites excluding steroid dienone is 1. The molecule has 1 fully saturated rings. The Bertz CT molecular complexity index is 231. The number of morpholine rings is 1. The van der Waals surface area contributed by atoms with E-state index in [0.29, 0.717) is 13.1 Å². The maximum atomic E-state index is 11.7. The molecule has 2 unspecified atom stereocenters. The summed E-state index contributed by atoms with van der Waals surface area (Å²) in [4.78, 5) is 13.5. The maximum absolute atomic E-state index is 11.7. The van der Waals surface area contributed by atoms with Crippen molar-refractivity contribution in [1.29, 1.82) is 0 Å². The van der Waals surface area contributed by atoms with Crippen LogP contribution in [0.15, 0.2) is 12.3 Å². The van der Waals surface area contributed by atoms with Crippen LogP contribution in [0.2, 0.25) is 0 Å². The molecule has 0 radical (unpaired) electrons. The average molecular weight is 212 g/mol. The van der Waals surface area contributed by atoms with Crippen LogP contribution in [0.5, 0.6) is 0 Å². The molecular formula is C11H20N2O2. The molecule has 0 aliphatic carbocycles. The summed E-state index contributed by atoms with van der Waals surface area (Å²) >= 11 is 0. The lowest BCUT2D eigenvalue weighted by Gasteiger charge is -2.34. The molecule has 1 aliphatic heterocycles. The first-order valence-electron chi connectivity index (χ1n) is 5.49. The SMILES string of the molecule is CC/C=C/NC(=O)N1CC(C)OC(C)C1. The van der Waals surface area contributed by atoms with E-state index in [1.807, 2.05) is 26.8 Å². The number of urea groups is 1. The zero-order valence-electron chi connectivity index (χ0n) is 9.69. The number of rotatable bonds is 2. The molecule has 0 bridgehead atoms. The zero-order valence-corrected chi connectivity index (χ0v) is 9.69. The molecule has 0 spiro atoms. The summed E-state index contributed by atoms with van der Waals surface area (Å²) in [6.07, 6.45) is 4.79. The summed E-state index contributed by atoms with van der Waals surface area (Å²) in [7, 11) is 0. The van der Waals surface area contributed by atoms with E-state index >= 15 is 0 Å². The molecule has 1 heterocycles. The van der Waals surface area contributed by atoms with Gasteiger partial charge in [-0.1, -0.05) is 13.0 Å². The van der Waals surface area contributed by atoms with Crippen molar-refractivity contribution in [2.45, 2.75) is 39.4 Å². The van der Waals surface area contributed by atoms with Gasteiger partial charge in [-0.05, 0) is 20.3 Å². The molecule has 0 saturated carbocycles. The van der Waals surface area contributed by atoms with Crippen LogP contribution in [0.1, 0.15) is 27.2 Å². The molecule has 1 N–H and O–H groups in total. The summed E-state index contributed by atoms with van der Waals surface area (Å²) in [5.41, 5.74) is 0. The van der Waals surface area contributed by atoms with Crippen molar-refractivity contribution in [3.63, 3.8) is 0 Å². The molecular weight excluding hydrogens is 192 g/mol. The number of nitrogens with one attached hydrogen (secondary N) is 1. The highest BCUT2D eigenvalue weighted by Crippen LogP contribution is 2.10. The van der Waals surface area contributed by atoms with Gasteiger partial charge in [-0.15, -0.1) is 0 Å². The fraction of sp³-hybridized carbons (Fsp3) is 0.727. The van der Waals surface area contributed by atoms with Gasteiger partial charge in [-0.3, -0.25) is 0 Å². The van der Waals surface area contributed by atoms with Crippen molar-refractivity contribution in [3.05, 3.63) is 12.3 Å². The molecule has 15 heavy (non-hydrogen) atoms. The highest BCUT2D eigenvalue weighted by atomic mass is 16.5. The Morgan fingerprint density at radius 1 is 1.47 bits per heavy atom. The van der Waals surface area contributed by atoms with E-state index < -0.39 is 0 Å². The minimum atomic E-state index is -0.0401. The van der Waals surface area contributed by atoms with E-state index in [9.17, 15) is 4.79 Å². The molecule has 0 aromatic rings. The van der Waals surface area contributed by atoms with Crippen LogP contribution < -0.4 is 5.32 Å². The predicted octanol–water partition coefficient (Wildman–Crippen LogP) is 1.73. The average Bonchev–Trinajstić information content (AvgIpc) is 2.16. The fourth-order valence-corrected chi connectivity index (χ4v) is 1.68. The largest absolute Gasteiger partial charge is 0.372 e. The number of hydrogen-bond donors (Lipinski definition) is 1. The van der Waals surface area contributed by atoms with Gasteiger partial charge in [0.25, 0.3) is 0 Å². The van der Waals surface area contributed by atoms with E-state index in [4.69, 9.17) is 4.74 Å². The van der Waals surface area contributed by atoms with Gasteiger partial charge in [0, 0.05) is 19.3 Å². The third-order valence-corrected chi connectivity index (χ3v) is 2.27. The van der Waals surface area contributed by atoms with Crippen molar-refractivity contribution in [2.75, 3.05) is 13.1 Å². The summed E-state index contributed by atoms with van der Waals surface area (Å²) in [5, 5.41) is 2.75. The van der Waals surface area contributed by atoms with Crippen LogP contribution in [-0.4, -0.2) is 36.2 Å². The molecule has 2 atom stereocenters. The summed E-state index contributed by atoms with van der Waals surface area (Å²) < 4.78 is 5.55. The first-order valence-corrected chi connectivity index (χ1v) is 5.49. The van der Waals surface area contributed by atoms with E-state index in [1.165, 1.54) is 0 Å². The van der Waals surface area contributed by atoms with Gasteiger partial charge >= 0.3 is 6.03 Å². The third-order valence-electron chi connectivity index (χ3n) is 2.27. The number of nitrogens with zero attached hydrogens (tertiary/aromatic N) is 1. The molecule has 1 saturated heterocycles. The fourth-order valence-electron chi connectivity index (χ4n) is 1.68. The molecule has 1 rings (SSSR count). The summed E-state index contributed by atoms with van der Waals surface area (Å²) in [5.74, 6) is 0. The van der Waals surface area contributed by atoms with Crippen molar-refractivity contribution in [1.82, 2.24) is 10.2 Å². The van der Waals surface area contributed by atoms with E-state index in [0.717, 1.165) is 6.42 Å². The first-order chi connectivity index (χ1) is 7.13. The minimum Gasteiger partial charge on any atom is -0.372 e. The third kappa shape index (κ3) is 3.91. The van der Waals surface area contributed by atoms with Crippen molar-refractivity contribution < 1.29 is 9.53 Å². The second-order valence-electron chi connectivity index (χ2n) is 3.92. The first kappa shape index (κ1) is 12.0. The lowest BCUT2D eigenvalue weighted by Crippen LogP contribution is -2.50. The van der Waals surface area contributed by atoms with Gasteiger partial charge in [-0.25, -0.2) is 4.79 Å². The molecule has 4 heteroatoms. The zero-order chi connectivity index (χ0) is 11.3. The minimum absolute atomic E-state index is 0.0401. The normalized spacial score (nSPS) is 27.0. The molecule has 0 aromatic heterocycles. The van der Waals surface area contributed by atoms with Crippen LogP contribution in [-0.2, 0) is 4.74 Å². The van der Waals surface area contributed by atoms with Gasteiger partial charge in [0.2, 0.25) is 0 Å². The molecule has 0 aromatic carbocycles. The Morgan fingerprint density at radius 3 is 2.60 bits per heavy atom. The van der Waals surface area contributed by atoms with E-state index in [1.54, 1.807) is 11.1 Å². The van der Waals surface area contributed by atoms with E-state index in [-0.39, 0.29) is 18.2 Å². The van der Waals surface area contributed by atoms with Gasteiger partial charge < -0.3 is 15.0 Å². The topological polar surface area (TPSA) is 41.6 Å². The Hall–Kier alpha value is -1.03. The predicted molar refractivity (Wildman–Crippen MR) is 59.5 cm³/mol. The lowest BCUT2D eigenvalue weighted by molar-refractivity contribution is -0.0541. The Labute approximate surface area is 91.3 Å². The highest BCUT2D eigenvalue weighted by Gasteiger charge is 2.25. The Kier molecular flexibility index (Phi) is 4.62. The summed E-state index contributed by atoms with van der Waals surface area (Å²) in [6.45, 7) is 7.32. The number of hydrogen-bond acceptors (Lipinski definition) is 2.